The van der Waals surface area contributed by atoms with Crippen LogP contribution < -0.4 is 5.73 Å². The first-order chi connectivity index (χ1) is 9.86. The van der Waals surface area contributed by atoms with Crippen molar-refractivity contribution in [3.63, 3.8) is 0 Å². The van der Waals surface area contributed by atoms with Crippen LogP contribution in [0, 0.1) is 5.92 Å². The molecule has 2 rings (SSSR count). The minimum Gasteiger partial charge on any atom is -0.346 e. The second kappa shape index (κ2) is 6.50. The number of nitrogens with zero attached hydrogens (tertiary/aromatic N) is 2. The van der Waals surface area contributed by atoms with E-state index in [2.05, 4.69) is 6.92 Å². The van der Waals surface area contributed by atoms with Crippen LogP contribution in [0.5, 0.6) is 0 Å². The van der Waals surface area contributed by atoms with Crippen molar-refractivity contribution in [1.29, 1.82) is 0 Å². The fourth-order valence-electron chi connectivity index (χ4n) is 2.91. The molecule has 1 unspecified atom stereocenters. The highest BCUT2D eigenvalue weighted by atomic mass is 32.2. The third kappa shape index (κ3) is 3.49. The van der Waals surface area contributed by atoms with Crippen molar-refractivity contribution in [2.45, 2.75) is 57.5 Å². The van der Waals surface area contributed by atoms with Gasteiger partial charge >= 0.3 is 0 Å². The van der Waals surface area contributed by atoms with Crippen molar-refractivity contribution >= 4 is 10.0 Å². The Balaban J connectivity index is 2.30. The molecule has 0 aromatic carbocycles. The van der Waals surface area contributed by atoms with Gasteiger partial charge in [-0.25, -0.2) is 8.42 Å². The summed E-state index contributed by atoms with van der Waals surface area (Å²) in [5.74, 6) is 0.602. The maximum atomic E-state index is 12.8. The first-order valence-electron chi connectivity index (χ1n) is 7.77. The van der Waals surface area contributed by atoms with Crippen molar-refractivity contribution in [2.24, 2.45) is 11.7 Å². The summed E-state index contributed by atoms with van der Waals surface area (Å²) < 4.78 is 29.2. The number of aromatic nitrogens is 1. The van der Waals surface area contributed by atoms with Crippen molar-refractivity contribution in [3.8, 4) is 0 Å². The summed E-state index contributed by atoms with van der Waals surface area (Å²) in [5.41, 5.74) is 6.60. The van der Waals surface area contributed by atoms with Crippen molar-refractivity contribution in [2.75, 3.05) is 13.1 Å². The van der Waals surface area contributed by atoms with Gasteiger partial charge in [-0.1, -0.05) is 6.92 Å². The maximum Gasteiger partial charge on any atom is 0.244 e. The second-order valence-electron chi connectivity index (χ2n) is 6.31. The fraction of sp³-hybridized carbons (Fsp3) is 0.733. The lowest BCUT2D eigenvalue weighted by molar-refractivity contribution is 0.416. The predicted molar refractivity (Wildman–Crippen MR) is 84.5 cm³/mol. The summed E-state index contributed by atoms with van der Waals surface area (Å²) in [6, 6.07) is 1.93. The minimum atomic E-state index is -3.40. The van der Waals surface area contributed by atoms with Gasteiger partial charge in [0.1, 0.15) is 4.90 Å². The van der Waals surface area contributed by atoms with Crippen LogP contribution in [0.25, 0.3) is 0 Å². The van der Waals surface area contributed by atoms with Crippen LogP contribution in [-0.4, -0.2) is 30.4 Å². The maximum absolute atomic E-state index is 12.8. The molecule has 5 nitrogen and oxygen atoms in total. The molecule has 21 heavy (non-hydrogen) atoms. The first-order valence-corrected chi connectivity index (χ1v) is 9.21. The van der Waals surface area contributed by atoms with Crippen LogP contribution in [-0.2, 0) is 16.6 Å². The lowest BCUT2D eigenvalue weighted by Gasteiger charge is -2.19. The molecule has 2 N–H and O–H groups in total. The number of rotatable bonds is 4. The highest BCUT2D eigenvalue weighted by molar-refractivity contribution is 7.89. The zero-order valence-corrected chi connectivity index (χ0v) is 14.1. The van der Waals surface area contributed by atoms with Crippen LogP contribution in [0.1, 0.15) is 51.8 Å². The lowest BCUT2D eigenvalue weighted by atomic mass is 10.0. The molecule has 0 aliphatic carbocycles. The average molecular weight is 313 g/mol. The minimum absolute atomic E-state index is 0.205. The summed E-state index contributed by atoms with van der Waals surface area (Å²) in [6.07, 6.45) is 4.71. The molecule has 1 aromatic rings. The van der Waals surface area contributed by atoms with Gasteiger partial charge in [0.2, 0.25) is 10.0 Å². The quantitative estimate of drug-likeness (QED) is 0.927. The molecular weight excluding hydrogens is 286 g/mol. The van der Waals surface area contributed by atoms with Gasteiger partial charge in [-0.05, 0) is 45.1 Å². The van der Waals surface area contributed by atoms with E-state index in [-0.39, 0.29) is 6.04 Å². The van der Waals surface area contributed by atoms with Crippen LogP contribution in [0.15, 0.2) is 17.2 Å². The molecule has 0 spiro atoms. The standard InChI is InChI=1S/C15H27N3O2S/c1-12(2)18-11-15(9-14(18)10-16)21(19,20)17-7-4-5-13(3)6-8-17/h9,11-13H,4-8,10,16H2,1-3H3. The Kier molecular flexibility index (Phi) is 5.11. The van der Waals surface area contributed by atoms with Crippen LogP contribution >= 0.6 is 0 Å². The van der Waals surface area contributed by atoms with Crippen LogP contribution in [0.2, 0.25) is 0 Å². The van der Waals surface area contributed by atoms with Gasteiger partial charge in [-0.2, -0.15) is 4.31 Å². The zero-order chi connectivity index (χ0) is 15.6. The normalized spacial score (nSPS) is 21.7. The SMILES string of the molecule is CC1CCCN(S(=O)(=O)c2cc(CN)n(C(C)C)c2)CC1. The Hall–Kier alpha value is -0.850. The molecule has 1 aromatic heterocycles. The topological polar surface area (TPSA) is 68.3 Å². The molecule has 6 heteroatoms. The van der Waals surface area contributed by atoms with E-state index in [0.29, 0.717) is 30.4 Å². The predicted octanol–water partition coefficient (Wildman–Crippen LogP) is 2.34. The van der Waals surface area contributed by atoms with Crippen LogP contribution in [0.4, 0.5) is 0 Å². The molecule has 2 heterocycles. The van der Waals surface area contributed by atoms with E-state index in [1.54, 1.807) is 16.6 Å². The molecule has 0 amide bonds. The van der Waals surface area contributed by atoms with E-state index in [0.717, 1.165) is 25.0 Å². The molecule has 0 saturated carbocycles. The van der Waals surface area contributed by atoms with E-state index < -0.39 is 10.0 Å². The van der Waals surface area contributed by atoms with E-state index in [1.165, 1.54) is 0 Å². The van der Waals surface area contributed by atoms with E-state index in [4.69, 9.17) is 5.73 Å². The number of hydrogen-bond donors (Lipinski definition) is 1. The zero-order valence-electron chi connectivity index (χ0n) is 13.2. The highest BCUT2D eigenvalue weighted by Crippen LogP contribution is 2.25. The number of nitrogens with two attached hydrogens (primary N) is 1. The first kappa shape index (κ1) is 16.5. The van der Waals surface area contributed by atoms with E-state index >= 15 is 0 Å². The number of sulfonamides is 1. The molecule has 0 bridgehead atoms. The van der Waals surface area contributed by atoms with Crippen molar-refractivity contribution in [1.82, 2.24) is 8.87 Å². The summed E-state index contributed by atoms with van der Waals surface area (Å²) in [7, 11) is -3.40. The van der Waals surface area contributed by atoms with Gasteiger partial charge in [-0.3, -0.25) is 0 Å². The molecular formula is C15H27N3O2S. The van der Waals surface area contributed by atoms with Gasteiger partial charge in [0.05, 0.1) is 0 Å². The van der Waals surface area contributed by atoms with Crippen molar-refractivity contribution in [3.05, 3.63) is 18.0 Å². The van der Waals surface area contributed by atoms with Crippen molar-refractivity contribution < 1.29 is 8.42 Å². The van der Waals surface area contributed by atoms with Gasteiger partial charge in [0, 0.05) is 37.6 Å². The average Bonchev–Trinajstić information content (AvgIpc) is 2.76. The fourth-order valence-corrected chi connectivity index (χ4v) is 4.45. The molecule has 0 radical (unpaired) electrons. The molecule has 1 saturated heterocycles. The molecule has 120 valence electrons. The Bertz CT molecular complexity index is 578. The molecule has 1 fully saturated rings. The molecule has 1 aliphatic heterocycles. The summed E-state index contributed by atoms with van der Waals surface area (Å²) >= 11 is 0. The Morgan fingerprint density at radius 3 is 2.62 bits per heavy atom. The van der Waals surface area contributed by atoms with E-state index in [9.17, 15) is 8.42 Å². The van der Waals surface area contributed by atoms with E-state index in [1.807, 2.05) is 18.4 Å². The molecule has 1 aliphatic rings. The van der Waals surface area contributed by atoms with Crippen LogP contribution in [0.3, 0.4) is 0 Å². The van der Waals surface area contributed by atoms with Gasteiger partial charge in [0.15, 0.2) is 0 Å². The van der Waals surface area contributed by atoms with Gasteiger partial charge in [-0.15, -0.1) is 0 Å². The number of hydrogen-bond acceptors (Lipinski definition) is 3. The van der Waals surface area contributed by atoms with Gasteiger partial charge in [0.25, 0.3) is 0 Å². The highest BCUT2D eigenvalue weighted by Gasteiger charge is 2.28. The largest absolute Gasteiger partial charge is 0.346 e. The Morgan fingerprint density at radius 1 is 1.33 bits per heavy atom. The second-order valence-corrected chi connectivity index (χ2v) is 8.25. The monoisotopic (exact) mass is 313 g/mol. The summed E-state index contributed by atoms with van der Waals surface area (Å²) in [6.45, 7) is 7.85. The Labute approximate surface area is 128 Å². The lowest BCUT2D eigenvalue weighted by Crippen LogP contribution is -2.31. The summed E-state index contributed by atoms with van der Waals surface area (Å²) in [5, 5.41) is 0. The third-order valence-corrected chi connectivity index (χ3v) is 6.15. The summed E-state index contributed by atoms with van der Waals surface area (Å²) in [4.78, 5) is 0.381. The third-order valence-electron chi connectivity index (χ3n) is 4.29. The smallest absolute Gasteiger partial charge is 0.244 e. The Morgan fingerprint density at radius 2 is 2.05 bits per heavy atom. The molecule has 1 atom stereocenters. The van der Waals surface area contributed by atoms with Gasteiger partial charge < -0.3 is 10.3 Å².